The van der Waals surface area contributed by atoms with E-state index < -0.39 is 0 Å². The smallest absolute Gasteiger partial charge is 0.179 e. The maximum Gasteiger partial charge on any atom is 0.179 e. The van der Waals surface area contributed by atoms with Gasteiger partial charge in [0.25, 0.3) is 0 Å². The summed E-state index contributed by atoms with van der Waals surface area (Å²) in [6, 6.07) is 4.08. The van der Waals surface area contributed by atoms with Crippen LogP contribution >= 0.6 is 0 Å². The van der Waals surface area contributed by atoms with Crippen LogP contribution in [0, 0.1) is 5.92 Å². The lowest BCUT2D eigenvalue weighted by atomic mass is 9.70. The van der Waals surface area contributed by atoms with E-state index in [0.29, 0.717) is 6.54 Å². The lowest BCUT2D eigenvalue weighted by Crippen LogP contribution is -2.39. The van der Waals surface area contributed by atoms with Gasteiger partial charge in [0.1, 0.15) is 11.6 Å². The second kappa shape index (κ2) is 5.30. The summed E-state index contributed by atoms with van der Waals surface area (Å²) in [4.78, 5) is 14.8. The average Bonchev–Trinajstić information content (AvgIpc) is 2.91. The molecule has 3 rings (SSSR count). The minimum Gasteiger partial charge on any atom is -0.363 e. The third-order valence-electron chi connectivity index (χ3n) is 4.91. The van der Waals surface area contributed by atoms with Gasteiger partial charge in [-0.05, 0) is 43.7 Å². The molecule has 5 nitrogen and oxygen atoms in total. The highest BCUT2D eigenvalue weighted by Crippen LogP contribution is 2.40. The van der Waals surface area contributed by atoms with E-state index in [0.717, 1.165) is 41.6 Å². The summed E-state index contributed by atoms with van der Waals surface area (Å²) in [7, 11) is 3.98. The van der Waals surface area contributed by atoms with Crippen molar-refractivity contribution in [2.24, 2.45) is 11.7 Å². The van der Waals surface area contributed by atoms with E-state index in [1.807, 2.05) is 25.1 Å². The van der Waals surface area contributed by atoms with Crippen molar-refractivity contribution in [3.63, 3.8) is 0 Å². The Balaban J connectivity index is 1.99. The van der Waals surface area contributed by atoms with Crippen molar-refractivity contribution in [3.8, 4) is 0 Å². The molecule has 0 atom stereocenters. The molecule has 21 heavy (non-hydrogen) atoms. The molecule has 0 radical (unpaired) electrons. The van der Waals surface area contributed by atoms with Gasteiger partial charge in [-0.2, -0.15) is 0 Å². The maximum absolute atomic E-state index is 6.13. The summed E-state index contributed by atoms with van der Waals surface area (Å²) in [6.07, 6.45) is 4.69. The van der Waals surface area contributed by atoms with Crippen molar-refractivity contribution in [2.45, 2.75) is 38.0 Å². The monoisotopic (exact) mass is 287 g/mol. The van der Waals surface area contributed by atoms with E-state index in [1.165, 1.54) is 12.8 Å². The van der Waals surface area contributed by atoms with Crippen LogP contribution in [0.1, 0.15) is 38.4 Å². The van der Waals surface area contributed by atoms with E-state index in [-0.39, 0.29) is 5.41 Å². The van der Waals surface area contributed by atoms with Gasteiger partial charge in [0.05, 0.1) is 5.52 Å². The first-order valence-corrected chi connectivity index (χ1v) is 7.79. The van der Waals surface area contributed by atoms with Gasteiger partial charge in [0, 0.05) is 26.1 Å². The number of anilines is 1. The zero-order valence-electron chi connectivity index (χ0n) is 13.2. The van der Waals surface area contributed by atoms with E-state index in [9.17, 15) is 0 Å². The molecule has 0 unspecified atom stereocenters. The molecule has 5 heteroatoms. The molecule has 3 N–H and O–H groups in total. The van der Waals surface area contributed by atoms with Crippen LogP contribution in [-0.2, 0) is 5.41 Å². The van der Waals surface area contributed by atoms with Crippen molar-refractivity contribution in [2.75, 3.05) is 25.5 Å². The number of nitrogens with zero attached hydrogens (tertiary/aromatic N) is 3. The molecule has 2 aromatic rings. The lowest BCUT2D eigenvalue weighted by Gasteiger charge is -2.36. The quantitative estimate of drug-likeness (QED) is 0.909. The normalized spacial score (nSPS) is 26.2. The number of nitrogens with one attached hydrogen (secondary N) is 1. The summed E-state index contributed by atoms with van der Waals surface area (Å²) >= 11 is 0. The van der Waals surface area contributed by atoms with E-state index in [4.69, 9.17) is 10.7 Å². The molecule has 2 heterocycles. The molecule has 0 saturated heterocycles. The number of hydrogen-bond donors (Lipinski definition) is 2. The van der Waals surface area contributed by atoms with Crippen LogP contribution in [0.15, 0.2) is 12.1 Å². The van der Waals surface area contributed by atoms with Crippen molar-refractivity contribution >= 4 is 17.0 Å². The van der Waals surface area contributed by atoms with Gasteiger partial charge in [-0.25, -0.2) is 9.97 Å². The van der Waals surface area contributed by atoms with Crippen LogP contribution < -0.4 is 10.6 Å². The molecule has 0 aromatic carbocycles. The van der Waals surface area contributed by atoms with E-state index in [2.05, 4.69) is 23.0 Å². The van der Waals surface area contributed by atoms with Crippen LogP contribution in [-0.4, -0.2) is 35.6 Å². The molecule has 0 amide bonds. The van der Waals surface area contributed by atoms with Gasteiger partial charge in [0.15, 0.2) is 5.65 Å². The molecule has 0 aliphatic heterocycles. The number of hydrogen-bond acceptors (Lipinski definition) is 4. The van der Waals surface area contributed by atoms with Crippen LogP contribution in [0.5, 0.6) is 0 Å². The molecular formula is C16H25N5. The van der Waals surface area contributed by atoms with Crippen LogP contribution in [0.4, 0.5) is 5.82 Å². The van der Waals surface area contributed by atoms with Crippen molar-refractivity contribution in [1.82, 2.24) is 15.0 Å². The van der Waals surface area contributed by atoms with Crippen LogP contribution in [0.25, 0.3) is 11.2 Å². The number of aromatic amines is 1. The lowest BCUT2D eigenvalue weighted by molar-refractivity contribution is 0.238. The van der Waals surface area contributed by atoms with Gasteiger partial charge in [-0.1, -0.05) is 6.92 Å². The number of fused-ring (bicyclic) bond motifs is 1. The molecule has 1 fully saturated rings. The largest absolute Gasteiger partial charge is 0.363 e. The standard InChI is InChI=1S/C16H25N5/c1-11-6-8-16(10-17,9-7-11)15-18-12-4-5-13(21(2)3)19-14(12)20-15/h4-5,11H,6-10,17H2,1-3H3,(H,18,19,20). The Bertz CT molecular complexity index is 623. The molecular weight excluding hydrogens is 262 g/mol. The highest BCUT2D eigenvalue weighted by Gasteiger charge is 2.37. The van der Waals surface area contributed by atoms with E-state index >= 15 is 0 Å². The highest BCUT2D eigenvalue weighted by molar-refractivity contribution is 5.73. The molecule has 1 aliphatic carbocycles. The van der Waals surface area contributed by atoms with Crippen molar-refractivity contribution < 1.29 is 0 Å². The summed E-state index contributed by atoms with van der Waals surface area (Å²) in [5.41, 5.74) is 7.93. The Morgan fingerprint density at radius 1 is 1.29 bits per heavy atom. The number of H-pyrrole nitrogens is 1. The predicted molar refractivity (Wildman–Crippen MR) is 86.6 cm³/mol. The number of rotatable bonds is 3. The van der Waals surface area contributed by atoms with Gasteiger partial charge >= 0.3 is 0 Å². The van der Waals surface area contributed by atoms with Crippen molar-refractivity contribution in [3.05, 3.63) is 18.0 Å². The zero-order chi connectivity index (χ0) is 15.0. The predicted octanol–water partition coefficient (Wildman–Crippen LogP) is 2.43. The third kappa shape index (κ3) is 2.50. The van der Waals surface area contributed by atoms with Crippen LogP contribution in [0.3, 0.4) is 0 Å². The van der Waals surface area contributed by atoms with Crippen molar-refractivity contribution in [1.29, 1.82) is 0 Å². The topological polar surface area (TPSA) is 70.8 Å². The van der Waals surface area contributed by atoms with Gasteiger partial charge < -0.3 is 15.6 Å². The third-order valence-corrected chi connectivity index (χ3v) is 4.91. The van der Waals surface area contributed by atoms with Gasteiger partial charge in [0.2, 0.25) is 0 Å². The minimum absolute atomic E-state index is 0.00545. The second-order valence-electron chi connectivity index (χ2n) is 6.69. The Morgan fingerprint density at radius 3 is 2.62 bits per heavy atom. The molecule has 0 spiro atoms. The van der Waals surface area contributed by atoms with Gasteiger partial charge in [-0.3, -0.25) is 0 Å². The Labute approximate surface area is 126 Å². The van der Waals surface area contributed by atoms with E-state index in [1.54, 1.807) is 0 Å². The molecule has 1 saturated carbocycles. The summed E-state index contributed by atoms with van der Waals surface area (Å²) in [5.74, 6) is 2.75. The molecule has 114 valence electrons. The first-order valence-electron chi connectivity index (χ1n) is 7.79. The summed E-state index contributed by atoms with van der Waals surface area (Å²) in [6.45, 7) is 2.98. The average molecular weight is 287 g/mol. The van der Waals surface area contributed by atoms with Crippen LogP contribution in [0.2, 0.25) is 0 Å². The molecule has 0 bridgehead atoms. The zero-order valence-corrected chi connectivity index (χ0v) is 13.2. The fourth-order valence-corrected chi connectivity index (χ4v) is 3.24. The summed E-state index contributed by atoms with van der Waals surface area (Å²) in [5, 5.41) is 0. The number of nitrogens with two attached hydrogens (primary N) is 1. The minimum atomic E-state index is 0.00545. The molecule has 2 aromatic heterocycles. The number of pyridine rings is 1. The Morgan fingerprint density at radius 2 is 2.00 bits per heavy atom. The number of aromatic nitrogens is 3. The first-order chi connectivity index (χ1) is 10.0. The molecule has 1 aliphatic rings. The fourth-order valence-electron chi connectivity index (χ4n) is 3.24. The van der Waals surface area contributed by atoms with Gasteiger partial charge in [-0.15, -0.1) is 0 Å². The highest BCUT2D eigenvalue weighted by atomic mass is 15.2. The first kappa shape index (κ1) is 14.3. The second-order valence-corrected chi connectivity index (χ2v) is 6.69. The Hall–Kier alpha value is -1.62. The Kier molecular flexibility index (Phi) is 3.61. The maximum atomic E-state index is 6.13. The summed E-state index contributed by atoms with van der Waals surface area (Å²) < 4.78 is 0. The SMILES string of the molecule is CC1CCC(CN)(c2nc3nc(N(C)C)ccc3[nH]2)CC1. The number of imidazole rings is 1. The fraction of sp³-hybridized carbons (Fsp3) is 0.625.